The predicted octanol–water partition coefficient (Wildman–Crippen LogP) is 3.81. The lowest BCUT2D eigenvalue weighted by Gasteiger charge is -2.16. The van der Waals surface area contributed by atoms with E-state index < -0.39 is 4.92 Å². The van der Waals surface area contributed by atoms with E-state index in [1.54, 1.807) is 41.6 Å². The van der Waals surface area contributed by atoms with E-state index in [9.17, 15) is 19.3 Å². The molecule has 0 unspecified atom stereocenters. The van der Waals surface area contributed by atoms with E-state index in [-0.39, 0.29) is 24.0 Å². The molecule has 0 fully saturated rings. The van der Waals surface area contributed by atoms with Crippen LogP contribution in [0.15, 0.2) is 53.9 Å². The Kier molecular flexibility index (Phi) is 7.04. The summed E-state index contributed by atoms with van der Waals surface area (Å²) in [5.41, 5.74) is 1.15. The minimum Gasteiger partial charge on any atom is -0.492 e. The molecule has 1 amide bonds. The first-order valence-corrected chi connectivity index (χ1v) is 9.86. The molecule has 0 saturated heterocycles. The molecule has 0 radical (unpaired) electrons. The van der Waals surface area contributed by atoms with Gasteiger partial charge in [0.1, 0.15) is 18.2 Å². The van der Waals surface area contributed by atoms with Crippen molar-refractivity contribution in [2.24, 2.45) is 0 Å². The van der Waals surface area contributed by atoms with Gasteiger partial charge in [-0.2, -0.15) is 0 Å². The minimum absolute atomic E-state index is 0.0180. The maximum atomic E-state index is 12.9. The number of amides is 1. The molecule has 0 aliphatic heterocycles. The van der Waals surface area contributed by atoms with Gasteiger partial charge < -0.3 is 10.1 Å². The first kappa shape index (κ1) is 21.3. The number of hydrogen-bond acceptors (Lipinski definition) is 7. The number of nitrogens with one attached hydrogen (secondary N) is 1. The van der Waals surface area contributed by atoms with Crippen molar-refractivity contribution in [3.8, 4) is 17.0 Å². The van der Waals surface area contributed by atoms with Gasteiger partial charge in [0, 0.05) is 29.6 Å². The summed E-state index contributed by atoms with van der Waals surface area (Å²) in [6, 6.07) is 11.9. The number of benzene rings is 2. The molecule has 0 saturated carbocycles. The fourth-order valence-corrected chi connectivity index (χ4v) is 3.31. The molecule has 1 N–H and O–H groups in total. The predicted molar refractivity (Wildman–Crippen MR) is 112 cm³/mol. The number of anilines is 1. The second-order valence-electron chi connectivity index (χ2n) is 6.43. The van der Waals surface area contributed by atoms with E-state index in [1.807, 2.05) is 0 Å². The molecule has 1 aromatic heterocycles. The van der Waals surface area contributed by atoms with Crippen molar-refractivity contribution in [2.45, 2.75) is 0 Å². The highest BCUT2D eigenvalue weighted by Gasteiger charge is 2.12. The summed E-state index contributed by atoms with van der Waals surface area (Å²) in [6.45, 7) is 0.990. The van der Waals surface area contributed by atoms with Gasteiger partial charge >= 0.3 is 0 Å². The van der Waals surface area contributed by atoms with Crippen LogP contribution in [-0.4, -0.2) is 47.5 Å². The molecule has 30 heavy (non-hydrogen) atoms. The van der Waals surface area contributed by atoms with Crippen molar-refractivity contribution in [3.05, 3.63) is 69.8 Å². The molecule has 3 rings (SSSR count). The average Bonchev–Trinajstić information content (AvgIpc) is 3.18. The minimum atomic E-state index is -0.464. The number of carbonyl (C=O) groups excluding carboxylic acids is 1. The number of thiazole rings is 1. The number of ether oxygens (including phenoxy) is 1. The van der Waals surface area contributed by atoms with E-state index in [0.717, 1.165) is 0 Å². The molecule has 0 aliphatic rings. The monoisotopic (exact) mass is 430 g/mol. The van der Waals surface area contributed by atoms with E-state index in [4.69, 9.17) is 4.74 Å². The van der Waals surface area contributed by atoms with Crippen LogP contribution in [0.2, 0.25) is 0 Å². The fourth-order valence-electron chi connectivity index (χ4n) is 2.58. The third-order valence-electron chi connectivity index (χ3n) is 4.07. The maximum Gasteiger partial charge on any atom is 0.270 e. The summed E-state index contributed by atoms with van der Waals surface area (Å²) in [7, 11) is 1.78. The average molecular weight is 430 g/mol. The topological polar surface area (TPSA) is 97.6 Å². The lowest BCUT2D eigenvalue weighted by molar-refractivity contribution is -0.384. The van der Waals surface area contributed by atoms with Crippen molar-refractivity contribution in [1.82, 2.24) is 9.88 Å². The van der Waals surface area contributed by atoms with Gasteiger partial charge in [0.25, 0.3) is 5.69 Å². The maximum absolute atomic E-state index is 12.9. The van der Waals surface area contributed by atoms with Crippen LogP contribution in [0, 0.1) is 15.9 Å². The summed E-state index contributed by atoms with van der Waals surface area (Å²) in [5.74, 6) is -0.00286. The first-order chi connectivity index (χ1) is 14.4. The Morgan fingerprint density at radius 3 is 2.80 bits per heavy atom. The van der Waals surface area contributed by atoms with Crippen molar-refractivity contribution >= 4 is 28.1 Å². The zero-order valence-electron chi connectivity index (χ0n) is 16.1. The number of carbonyl (C=O) groups is 1. The number of nitrogens with zero attached hydrogens (tertiary/aromatic N) is 3. The first-order valence-electron chi connectivity index (χ1n) is 8.98. The van der Waals surface area contributed by atoms with Gasteiger partial charge in [0.05, 0.1) is 17.2 Å². The van der Waals surface area contributed by atoms with Crippen molar-refractivity contribution in [1.29, 1.82) is 0 Å². The number of rotatable bonds is 9. The summed E-state index contributed by atoms with van der Waals surface area (Å²) in [4.78, 5) is 28.8. The van der Waals surface area contributed by atoms with Crippen LogP contribution in [-0.2, 0) is 4.79 Å². The molecular formula is C20H19FN4O4S. The summed E-state index contributed by atoms with van der Waals surface area (Å²) >= 11 is 1.24. The molecule has 8 nitrogen and oxygen atoms in total. The van der Waals surface area contributed by atoms with Crippen molar-refractivity contribution in [3.63, 3.8) is 0 Å². The Balaban J connectivity index is 1.47. The zero-order chi connectivity index (χ0) is 21.5. The van der Waals surface area contributed by atoms with Gasteiger partial charge in [-0.1, -0.05) is 12.1 Å². The van der Waals surface area contributed by atoms with Gasteiger partial charge in [0.15, 0.2) is 5.13 Å². The number of nitro benzene ring substituents is 1. The smallest absolute Gasteiger partial charge is 0.270 e. The Morgan fingerprint density at radius 2 is 2.07 bits per heavy atom. The van der Waals surface area contributed by atoms with Crippen molar-refractivity contribution in [2.75, 3.05) is 32.1 Å². The third kappa shape index (κ3) is 6.06. The zero-order valence-corrected chi connectivity index (χ0v) is 16.9. The number of hydrogen-bond donors (Lipinski definition) is 1. The second-order valence-corrected chi connectivity index (χ2v) is 7.29. The molecule has 0 atom stereocenters. The molecule has 2 aromatic carbocycles. The molecule has 3 aromatic rings. The molecule has 0 spiro atoms. The molecule has 1 heterocycles. The van der Waals surface area contributed by atoms with Gasteiger partial charge in [-0.25, -0.2) is 9.37 Å². The Labute approximate surface area is 176 Å². The number of halogens is 1. The highest BCUT2D eigenvalue weighted by atomic mass is 32.1. The Hall–Kier alpha value is -3.37. The largest absolute Gasteiger partial charge is 0.492 e. The lowest BCUT2D eigenvalue weighted by Crippen LogP contribution is -2.33. The summed E-state index contributed by atoms with van der Waals surface area (Å²) < 4.78 is 18.4. The van der Waals surface area contributed by atoms with Crippen LogP contribution >= 0.6 is 11.3 Å². The van der Waals surface area contributed by atoms with Crippen LogP contribution in [0.25, 0.3) is 11.3 Å². The standard InChI is InChI=1S/C20H19FN4O4S/c1-24(9-10-29-17-7-5-15(21)6-8-17)12-19(26)23-20-22-18(13-30-20)14-3-2-4-16(11-14)25(27)28/h2-8,11,13H,9-10,12H2,1H3,(H,22,23,26). The lowest BCUT2D eigenvalue weighted by atomic mass is 10.1. The van der Waals surface area contributed by atoms with Crippen LogP contribution in [0.5, 0.6) is 5.75 Å². The second kappa shape index (κ2) is 9.90. The molecule has 156 valence electrons. The van der Waals surface area contributed by atoms with E-state index in [0.29, 0.717) is 35.3 Å². The highest BCUT2D eigenvalue weighted by molar-refractivity contribution is 7.14. The van der Waals surface area contributed by atoms with Crippen LogP contribution in [0.3, 0.4) is 0 Å². The number of aromatic nitrogens is 1. The van der Waals surface area contributed by atoms with Crippen LogP contribution in [0.1, 0.15) is 0 Å². The third-order valence-corrected chi connectivity index (χ3v) is 4.83. The molecule has 10 heteroatoms. The van der Waals surface area contributed by atoms with Crippen LogP contribution in [0.4, 0.5) is 15.2 Å². The molecule has 0 aliphatic carbocycles. The van der Waals surface area contributed by atoms with E-state index >= 15 is 0 Å². The van der Waals surface area contributed by atoms with E-state index in [2.05, 4.69) is 10.3 Å². The van der Waals surface area contributed by atoms with Crippen molar-refractivity contribution < 1.29 is 18.8 Å². The fraction of sp³-hybridized carbons (Fsp3) is 0.200. The molecular weight excluding hydrogens is 411 g/mol. The van der Waals surface area contributed by atoms with E-state index in [1.165, 1.54) is 35.6 Å². The quantitative estimate of drug-likeness (QED) is 0.410. The van der Waals surface area contributed by atoms with Gasteiger partial charge in [-0.05, 0) is 31.3 Å². The van der Waals surface area contributed by atoms with Gasteiger partial charge in [0.2, 0.25) is 5.91 Å². The summed E-state index contributed by atoms with van der Waals surface area (Å²) in [5, 5.41) is 15.8. The Morgan fingerprint density at radius 1 is 1.30 bits per heavy atom. The van der Waals surface area contributed by atoms with Gasteiger partial charge in [-0.3, -0.25) is 19.8 Å². The Bertz CT molecular complexity index is 1030. The normalized spacial score (nSPS) is 10.8. The highest BCUT2D eigenvalue weighted by Crippen LogP contribution is 2.27. The van der Waals surface area contributed by atoms with Gasteiger partial charge in [-0.15, -0.1) is 11.3 Å². The summed E-state index contributed by atoms with van der Waals surface area (Å²) in [6.07, 6.45) is 0. The number of likely N-dealkylation sites (N-methyl/N-ethyl adjacent to an activating group) is 1. The van der Waals surface area contributed by atoms with Crippen LogP contribution < -0.4 is 10.1 Å². The number of nitro groups is 1. The molecule has 0 bridgehead atoms. The SMILES string of the molecule is CN(CCOc1ccc(F)cc1)CC(=O)Nc1nc(-c2cccc([N+](=O)[O-])c2)cs1. The number of non-ortho nitro benzene ring substituents is 1.